The Morgan fingerprint density at radius 2 is 1.74 bits per heavy atom. The van der Waals surface area contributed by atoms with Crippen molar-refractivity contribution in [3.8, 4) is 22.6 Å². The number of benzene rings is 1. The van der Waals surface area contributed by atoms with Crippen LogP contribution < -0.4 is 10.6 Å². The van der Waals surface area contributed by atoms with E-state index in [1.165, 1.54) is 0 Å². The molecule has 194 valence electrons. The second-order valence-electron chi connectivity index (χ2n) is 10.8. The van der Waals surface area contributed by atoms with Gasteiger partial charge < -0.3 is 15.7 Å². The van der Waals surface area contributed by atoms with Crippen LogP contribution in [-0.4, -0.2) is 37.2 Å². The highest BCUT2D eigenvalue weighted by molar-refractivity contribution is 6.04. The number of hydrogen-bond donors (Lipinski definition) is 3. The zero-order valence-corrected chi connectivity index (χ0v) is 22.1. The lowest BCUT2D eigenvalue weighted by molar-refractivity contribution is 0.102. The van der Waals surface area contributed by atoms with Crippen LogP contribution in [0.2, 0.25) is 0 Å². The van der Waals surface area contributed by atoms with Gasteiger partial charge in [0.1, 0.15) is 12.0 Å². The molecular formula is C30H32N6O2. The Hall–Kier alpha value is -4.17. The minimum Gasteiger partial charge on any atom is -0.373 e. The van der Waals surface area contributed by atoms with Gasteiger partial charge in [-0.3, -0.25) is 9.78 Å². The average molecular weight is 509 g/mol. The fourth-order valence-electron chi connectivity index (χ4n) is 4.13. The first-order chi connectivity index (χ1) is 18.2. The Balaban J connectivity index is 1.38. The zero-order valence-electron chi connectivity index (χ0n) is 22.1. The number of anilines is 2. The second kappa shape index (κ2) is 10.3. The third-order valence-electron chi connectivity index (χ3n) is 6.60. The summed E-state index contributed by atoms with van der Waals surface area (Å²) < 4.78 is 0. The molecule has 38 heavy (non-hydrogen) atoms. The van der Waals surface area contributed by atoms with Crippen LogP contribution in [0.3, 0.4) is 0 Å². The van der Waals surface area contributed by atoms with Crippen LogP contribution >= 0.6 is 0 Å². The zero-order chi connectivity index (χ0) is 26.9. The van der Waals surface area contributed by atoms with Gasteiger partial charge in [-0.05, 0) is 67.8 Å². The lowest BCUT2D eigenvalue weighted by Crippen LogP contribution is -2.21. The first-order valence-electron chi connectivity index (χ1n) is 12.8. The van der Waals surface area contributed by atoms with Gasteiger partial charge in [0.15, 0.2) is 5.82 Å². The predicted molar refractivity (Wildman–Crippen MR) is 149 cm³/mol. The summed E-state index contributed by atoms with van der Waals surface area (Å²) in [4.78, 5) is 31.1. The summed E-state index contributed by atoms with van der Waals surface area (Å²) in [5.41, 5.74) is 5.33. The van der Waals surface area contributed by atoms with Crippen molar-refractivity contribution in [3.63, 3.8) is 0 Å². The lowest BCUT2D eigenvalue weighted by atomic mass is 9.91. The molecule has 1 atom stereocenters. The number of hydrogen-bond acceptors (Lipinski definition) is 7. The largest absolute Gasteiger partial charge is 0.373 e. The number of carbonyl (C=O) groups is 1. The molecule has 3 heterocycles. The van der Waals surface area contributed by atoms with Gasteiger partial charge in [0.25, 0.3) is 5.91 Å². The Bertz CT molecular complexity index is 1480. The molecule has 1 saturated carbocycles. The normalized spacial score (nSPS) is 14.1. The summed E-state index contributed by atoms with van der Waals surface area (Å²) >= 11 is 0. The molecule has 8 nitrogen and oxygen atoms in total. The van der Waals surface area contributed by atoms with Crippen LogP contribution in [-0.2, 0) is 5.41 Å². The minimum atomic E-state index is -0.591. The average Bonchev–Trinajstić information content (AvgIpc) is 3.75. The van der Waals surface area contributed by atoms with Crippen molar-refractivity contribution in [2.24, 2.45) is 5.92 Å². The van der Waals surface area contributed by atoms with Crippen molar-refractivity contribution in [1.29, 1.82) is 0 Å². The van der Waals surface area contributed by atoms with Crippen LogP contribution in [0.25, 0.3) is 22.6 Å². The van der Waals surface area contributed by atoms with Gasteiger partial charge in [0.05, 0.1) is 5.69 Å². The molecule has 0 bridgehead atoms. The van der Waals surface area contributed by atoms with Gasteiger partial charge >= 0.3 is 0 Å². The van der Waals surface area contributed by atoms with E-state index < -0.39 is 6.23 Å². The third kappa shape index (κ3) is 5.86. The molecular weight excluding hydrogens is 476 g/mol. The van der Waals surface area contributed by atoms with E-state index in [2.05, 4.69) is 46.4 Å². The van der Waals surface area contributed by atoms with Crippen molar-refractivity contribution < 1.29 is 9.90 Å². The molecule has 1 aliphatic carbocycles. The summed E-state index contributed by atoms with van der Waals surface area (Å²) in [6.45, 7) is 8.19. The standard InChI is InChI=1S/C30H32N6O2/c1-18-5-8-22(34-29(38)21-10-12-31-25(15-21)30(2,3)4)17-23(18)27-33-14-11-24(35-27)20-9-13-32-26(16-20)36-28(37)19-6-7-19/h5,8-17,19,28,37H,6-7H2,1-4H3,(H,32,36)(H,34,38). The highest BCUT2D eigenvalue weighted by Gasteiger charge is 2.29. The van der Waals surface area contributed by atoms with Crippen molar-refractivity contribution >= 4 is 17.4 Å². The predicted octanol–water partition coefficient (Wildman–Crippen LogP) is 5.60. The Labute approximate surface area is 222 Å². The molecule has 0 saturated heterocycles. The number of pyridine rings is 2. The van der Waals surface area contributed by atoms with Crippen molar-refractivity contribution in [2.75, 3.05) is 10.6 Å². The highest BCUT2D eigenvalue weighted by Crippen LogP contribution is 2.33. The molecule has 0 radical (unpaired) electrons. The maximum atomic E-state index is 13.0. The summed E-state index contributed by atoms with van der Waals surface area (Å²) in [5.74, 6) is 1.25. The summed E-state index contributed by atoms with van der Waals surface area (Å²) in [7, 11) is 0. The van der Waals surface area contributed by atoms with Gasteiger partial charge in [-0.1, -0.05) is 26.8 Å². The van der Waals surface area contributed by atoms with Crippen LogP contribution in [0, 0.1) is 12.8 Å². The van der Waals surface area contributed by atoms with Gasteiger partial charge in [0.2, 0.25) is 0 Å². The Morgan fingerprint density at radius 3 is 2.50 bits per heavy atom. The molecule has 1 unspecified atom stereocenters. The van der Waals surface area contributed by atoms with Gasteiger partial charge in [-0.2, -0.15) is 0 Å². The molecule has 1 amide bonds. The van der Waals surface area contributed by atoms with Crippen molar-refractivity contribution in [2.45, 2.75) is 52.2 Å². The maximum Gasteiger partial charge on any atom is 0.255 e. The van der Waals surface area contributed by atoms with Crippen LogP contribution in [0.4, 0.5) is 11.5 Å². The number of carbonyl (C=O) groups excluding carboxylic acids is 1. The number of rotatable bonds is 7. The quantitative estimate of drug-likeness (QED) is 0.279. The first kappa shape index (κ1) is 25.5. The number of nitrogens with one attached hydrogen (secondary N) is 2. The molecule has 5 rings (SSSR count). The van der Waals surface area contributed by atoms with Gasteiger partial charge in [0, 0.05) is 58.0 Å². The molecule has 1 aliphatic rings. The number of aryl methyl sites for hydroxylation is 1. The molecule has 1 fully saturated rings. The first-order valence-corrected chi connectivity index (χ1v) is 12.8. The minimum absolute atomic E-state index is 0.154. The molecule has 0 spiro atoms. The Kier molecular flexibility index (Phi) is 6.91. The number of amides is 1. The second-order valence-corrected chi connectivity index (χ2v) is 10.8. The van der Waals surface area contributed by atoms with Crippen LogP contribution in [0.15, 0.2) is 67.1 Å². The number of aliphatic hydroxyl groups is 1. The number of aromatic nitrogens is 4. The van der Waals surface area contributed by atoms with E-state index in [0.29, 0.717) is 28.8 Å². The smallest absolute Gasteiger partial charge is 0.255 e. The summed E-state index contributed by atoms with van der Waals surface area (Å²) in [5, 5.41) is 16.3. The van der Waals surface area contributed by atoms with Crippen molar-refractivity contribution in [1.82, 2.24) is 19.9 Å². The van der Waals surface area contributed by atoms with E-state index in [4.69, 9.17) is 4.98 Å². The van der Waals surface area contributed by atoms with E-state index in [0.717, 1.165) is 40.9 Å². The van der Waals surface area contributed by atoms with Gasteiger partial charge in [-0.15, -0.1) is 0 Å². The topological polar surface area (TPSA) is 113 Å². The molecule has 4 aromatic rings. The van der Waals surface area contributed by atoms with Crippen LogP contribution in [0.5, 0.6) is 0 Å². The molecule has 0 aliphatic heterocycles. The summed E-state index contributed by atoms with van der Waals surface area (Å²) in [6.07, 6.45) is 6.56. The number of aliphatic hydroxyl groups excluding tert-OH is 1. The fraction of sp³-hybridized carbons (Fsp3) is 0.300. The molecule has 8 heteroatoms. The molecule has 3 aromatic heterocycles. The van der Waals surface area contributed by atoms with E-state index in [1.54, 1.807) is 24.7 Å². The fourth-order valence-corrected chi connectivity index (χ4v) is 4.13. The van der Waals surface area contributed by atoms with Crippen LogP contribution in [0.1, 0.15) is 55.2 Å². The van der Waals surface area contributed by atoms with E-state index in [1.807, 2.05) is 49.4 Å². The lowest BCUT2D eigenvalue weighted by Gasteiger charge is -2.18. The maximum absolute atomic E-state index is 13.0. The van der Waals surface area contributed by atoms with E-state index >= 15 is 0 Å². The Morgan fingerprint density at radius 1 is 0.974 bits per heavy atom. The molecule has 1 aromatic carbocycles. The summed E-state index contributed by atoms with van der Waals surface area (Å²) in [6, 6.07) is 14.9. The molecule has 3 N–H and O–H groups in total. The monoisotopic (exact) mass is 508 g/mol. The van der Waals surface area contributed by atoms with Crippen molar-refractivity contribution in [3.05, 3.63) is 83.9 Å². The van der Waals surface area contributed by atoms with E-state index in [-0.39, 0.29) is 11.3 Å². The van der Waals surface area contributed by atoms with E-state index in [9.17, 15) is 9.90 Å². The highest BCUT2D eigenvalue weighted by atomic mass is 16.3. The van der Waals surface area contributed by atoms with Gasteiger partial charge in [-0.25, -0.2) is 15.0 Å². The third-order valence-corrected chi connectivity index (χ3v) is 6.60. The SMILES string of the molecule is Cc1ccc(NC(=O)c2ccnc(C(C)(C)C)c2)cc1-c1nccc(-c2ccnc(NC(O)C3CC3)c2)n1. The number of nitrogens with zero attached hydrogens (tertiary/aromatic N) is 4.